The molecule has 0 saturated carbocycles. The molecule has 0 unspecified atom stereocenters. The first-order valence-electron chi connectivity index (χ1n) is 6.96. The van der Waals surface area contributed by atoms with Gasteiger partial charge in [0, 0.05) is 30.3 Å². The average Bonchev–Trinajstić information content (AvgIpc) is 2.51. The van der Waals surface area contributed by atoms with Crippen molar-refractivity contribution in [3.05, 3.63) is 35.4 Å². The number of aliphatic carboxylic acids is 1. The van der Waals surface area contributed by atoms with Crippen molar-refractivity contribution in [3.63, 3.8) is 0 Å². The van der Waals surface area contributed by atoms with Gasteiger partial charge in [0.1, 0.15) is 11.5 Å². The molecule has 118 valence electrons. The lowest BCUT2D eigenvalue weighted by molar-refractivity contribution is -0.138. The number of hydrogen-bond acceptors (Lipinski definition) is 4. The number of benzene rings is 1. The number of carboxylic acids is 1. The summed E-state index contributed by atoms with van der Waals surface area (Å²) in [7, 11) is 3.14. The molecule has 1 N–H and O–H groups in total. The maximum absolute atomic E-state index is 12.3. The molecule has 1 amide bonds. The molecule has 6 nitrogen and oxygen atoms in total. The Morgan fingerprint density at radius 2 is 2.09 bits per heavy atom. The molecule has 1 aromatic carbocycles. The van der Waals surface area contributed by atoms with Crippen LogP contribution in [0.15, 0.2) is 29.8 Å². The van der Waals surface area contributed by atoms with Gasteiger partial charge in [0.15, 0.2) is 0 Å². The molecule has 1 aliphatic heterocycles. The number of carboxylic acid groups (broad SMARTS) is 1. The zero-order valence-electron chi connectivity index (χ0n) is 12.7. The smallest absolute Gasteiger partial charge is 0.308 e. The van der Waals surface area contributed by atoms with Crippen molar-refractivity contribution >= 4 is 11.9 Å². The second-order valence-corrected chi connectivity index (χ2v) is 4.99. The number of methoxy groups -OCH3 is 2. The highest BCUT2D eigenvalue weighted by Crippen LogP contribution is 2.27. The standard InChI is InChI=1S/C16H19NO5/c1-21-13-6-5-12(14(9-13)22-2)10-17-7-3-4-11(16(17)20)8-15(18)19/h4-6,9H,3,7-8,10H2,1-2H3,(H,18,19). The number of carbonyl (C=O) groups excluding carboxylic acids is 1. The van der Waals surface area contributed by atoms with Crippen LogP contribution in [0.25, 0.3) is 0 Å². The van der Waals surface area contributed by atoms with Gasteiger partial charge in [-0.2, -0.15) is 0 Å². The quantitative estimate of drug-likeness (QED) is 0.868. The predicted molar refractivity (Wildman–Crippen MR) is 79.9 cm³/mol. The number of ether oxygens (including phenoxy) is 2. The Balaban J connectivity index is 2.15. The van der Waals surface area contributed by atoms with Crippen LogP contribution in [0.2, 0.25) is 0 Å². The molecule has 6 heteroatoms. The second kappa shape index (κ2) is 6.98. The van der Waals surface area contributed by atoms with Crippen LogP contribution in [0.3, 0.4) is 0 Å². The SMILES string of the molecule is COc1ccc(CN2CCC=C(CC(=O)O)C2=O)c(OC)c1. The maximum atomic E-state index is 12.3. The molecular weight excluding hydrogens is 286 g/mol. The number of carbonyl (C=O) groups is 2. The Morgan fingerprint density at radius 3 is 2.73 bits per heavy atom. The van der Waals surface area contributed by atoms with Gasteiger partial charge in [-0.1, -0.05) is 6.08 Å². The van der Waals surface area contributed by atoms with E-state index in [4.69, 9.17) is 14.6 Å². The Hall–Kier alpha value is -2.50. The van der Waals surface area contributed by atoms with E-state index in [0.717, 1.165) is 5.56 Å². The van der Waals surface area contributed by atoms with Crippen molar-refractivity contribution in [1.82, 2.24) is 4.90 Å². The average molecular weight is 305 g/mol. The third-order valence-corrected chi connectivity index (χ3v) is 3.55. The van der Waals surface area contributed by atoms with Crippen LogP contribution < -0.4 is 9.47 Å². The van der Waals surface area contributed by atoms with Crippen molar-refractivity contribution in [3.8, 4) is 11.5 Å². The van der Waals surface area contributed by atoms with Crippen molar-refractivity contribution in [2.45, 2.75) is 19.4 Å². The first-order chi connectivity index (χ1) is 10.5. The monoisotopic (exact) mass is 305 g/mol. The highest BCUT2D eigenvalue weighted by Gasteiger charge is 2.24. The third-order valence-electron chi connectivity index (χ3n) is 3.55. The van der Waals surface area contributed by atoms with Crippen LogP contribution in [0, 0.1) is 0 Å². The summed E-state index contributed by atoms with van der Waals surface area (Å²) in [6.45, 7) is 0.945. The van der Waals surface area contributed by atoms with Gasteiger partial charge in [-0.3, -0.25) is 9.59 Å². The van der Waals surface area contributed by atoms with Gasteiger partial charge in [-0.25, -0.2) is 0 Å². The largest absolute Gasteiger partial charge is 0.497 e. The predicted octanol–water partition coefficient (Wildman–Crippen LogP) is 1.84. The molecule has 22 heavy (non-hydrogen) atoms. The van der Waals surface area contributed by atoms with Crippen LogP contribution in [0.5, 0.6) is 11.5 Å². The summed E-state index contributed by atoms with van der Waals surface area (Å²) in [4.78, 5) is 24.8. The lowest BCUT2D eigenvalue weighted by atomic mass is 10.0. The normalized spacial score (nSPS) is 14.5. The highest BCUT2D eigenvalue weighted by atomic mass is 16.5. The summed E-state index contributed by atoms with van der Waals surface area (Å²) in [6.07, 6.45) is 2.13. The van der Waals surface area contributed by atoms with Crippen LogP contribution in [0.1, 0.15) is 18.4 Å². The zero-order chi connectivity index (χ0) is 16.1. The number of amides is 1. The molecule has 0 aliphatic carbocycles. The van der Waals surface area contributed by atoms with Gasteiger partial charge in [-0.15, -0.1) is 0 Å². The molecule has 0 saturated heterocycles. The molecule has 0 bridgehead atoms. The summed E-state index contributed by atoms with van der Waals surface area (Å²) in [5, 5.41) is 8.85. The van der Waals surface area contributed by atoms with Crippen molar-refractivity contribution < 1.29 is 24.2 Å². The van der Waals surface area contributed by atoms with Gasteiger partial charge in [0.25, 0.3) is 0 Å². The molecule has 0 radical (unpaired) electrons. The summed E-state index contributed by atoms with van der Waals surface area (Å²) in [5.41, 5.74) is 1.19. The van der Waals surface area contributed by atoms with E-state index in [1.165, 1.54) is 0 Å². The molecular formula is C16H19NO5. The molecule has 0 spiro atoms. The van der Waals surface area contributed by atoms with E-state index < -0.39 is 5.97 Å². The lowest BCUT2D eigenvalue weighted by Crippen LogP contribution is -2.35. The van der Waals surface area contributed by atoms with Gasteiger partial charge < -0.3 is 19.5 Å². The molecule has 0 atom stereocenters. The first-order valence-corrected chi connectivity index (χ1v) is 6.96. The van der Waals surface area contributed by atoms with Gasteiger partial charge in [0.2, 0.25) is 5.91 Å². The van der Waals surface area contributed by atoms with Crippen LogP contribution in [-0.2, 0) is 16.1 Å². The van der Waals surface area contributed by atoms with E-state index in [0.29, 0.717) is 36.6 Å². The maximum Gasteiger partial charge on any atom is 0.308 e. The summed E-state index contributed by atoms with van der Waals surface area (Å²) >= 11 is 0. The van der Waals surface area contributed by atoms with E-state index in [-0.39, 0.29) is 12.3 Å². The Morgan fingerprint density at radius 1 is 1.32 bits per heavy atom. The Kier molecular flexibility index (Phi) is 5.04. The van der Waals surface area contributed by atoms with Crippen molar-refractivity contribution in [1.29, 1.82) is 0 Å². The number of hydrogen-bond donors (Lipinski definition) is 1. The number of rotatable bonds is 6. The van der Waals surface area contributed by atoms with Crippen LogP contribution in [0.4, 0.5) is 0 Å². The van der Waals surface area contributed by atoms with E-state index >= 15 is 0 Å². The van der Waals surface area contributed by atoms with E-state index in [9.17, 15) is 9.59 Å². The van der Waals surface area contributed by atoms with Crippen LogP contribution in [-0.4, -0.2) is 42.6 Å². The Bertz CT molecular complexity index is 609. The fourth-order valence-electron chi connectivity index (χ4n) is 2.44. The van der Waals surface area contributed by atoms with Gasteiger partial charge in [0.05, 0.1) is 20.6 Å². The molecule has 1 aliphatic rings. The second-order valence-electron chi connectivity index (χ2n) is 4.99. The molecule has 1 heterocycles. The van der Waals surface area contributed by atoms with Crippen LogP contribution >= 0.6 is 0 Å². The molecule has 2 rings (SSSR count). The fraction of sp³-hybridized carbons (Fsp3) is 0.375. The van der Waals surface area contributed by atoms with Crippen molar-refractivity contribution in [2.24, 2.45) is 0 Å². The Labute approximate surface area is 128 Å². The molecule has 0 fully saturated rings. The van der Waals surface area contributed by atoms with Gasteiger partial charge in [-0.05, 0) is 18.6 Å². The van der Waals surface area contributed by atoms with E-state index in [1.54, 1.807) is 37.3 Å². The lowest BCUT2D eigenvalue weighted by Gasteiger charge is -2.27. The summed E-state index contributed by atoms with van der Waals surface area (Å²) in [6, 6.07) is 5.41. The van der Waals surface area contributed by atoms with E-state index in [1.807, 2.05) is 6.07 Å². The minimum Gasteiger partial charge on any atom is -0.497 e. The first kappa shape index (κ1) is 15.9. The highest BCUT2D eigenvalue weighted by molar-refractivity contribution is 5.98. The number of nitrogens with zero attached hydrogens (tertiary/aromatic N) is 1. The summed E-state index contributed by atoms with van der Waals surface area (Å²) < 4.78 is 10.5. The van der Waals surface area contributed by atoms with Gasteiger partial charge >= 0.3 is 5.97 Å². The summed E-state index contributed by atoms with van der Waals surface area (Å²) in [5.74, 6) is 0.0912. The third kappa shape index (κ3) is 3.58. The van der Waals surface area contributed by atoms with E-state index in [2.05, 4.69) is 0 Å². The zero-order valence-corrected chi connectivity index (χ0v) is 12.7. The minimum absolute atomic E-state index is 0.230. The molecule has 1 aromatic rings. The fourth-order valence-corrected chi connectivity index (χ4v) is 2.44. The minimum atomic E-state index is -0.997. The van der Waals surface area contributed by atoms with Crippen molar-refractivity contribution in [2.75, 3.05) is 20.8 Å². The molecule has 0 aromatic heterocycles. The topological polar surface area (TPSA) is 76.1 Å².